The number of hydrogen-bond acceptors (Lipinski definition) is 10. The number of rotatable bonds is 9. The highest BCUT2D eigenvalue weighted by molar-refractivity contribution is 5.77. The van der Waals surface area contributed by atoms with E-state index in [0.29, 0.717) is 22.6 Å². The number of hydrogen-bond donors (Lipinski definition) is 0. The van der Waals surface area contributed by atoms with Crippen LogP contribution < -0.4 is 4.74 Å². The fourth-order valence-corrected chi connectivity index (χ4v) is 4.89. The van der Waals surface area contributed by atoms with Crippen LogP contribution >= 0.6 is 0 Å². The van der Waals surface area contributed by atoms with Crippen LogP contribution in [0.3, 0.4) is 0 Å². The van der Waals surface area contributed by atoms with Gasteiger partial charge in [-0.15, -0.1) is 0 Å². The molecule has 1 heterocycles. The molecule has 0 amide bonds. The molecule has 1 aliphatic carbocycles. The molecule has 0 bridgehead atoms. The quantitative estimate of drug-likeness (QED) is 0.215. The minimum Gasteiger partial charge on any atom is -0.455 e. The van der Waals surface area contributed by atoms with E-state index in [9.17, 15) is 14.4 Å². The molecule has 0 aromatic heterocycles. The fraction of sp³-hybridized carbons (Fsp3) is 0.387. The van der Waals surface area contributed by atoms with Gasteiger partial charge in [0, 0.05) is 24.5 Å². The first-order valence-corrected chi connectivity index (χ1v) is 13.5. The molecule has 4 rings (SSSR count). The van der Waals surface area contributed by atoms with E-state index in [1.807, 2.05) is 25.1 Å². The van der Waals surface area contributed by atoms with Gasteiger partial charge in [0.2, 0.25) is 0 Å². The lowest BCUT2D eigenvalue weighted by molar-refractivity contribution is -0.165. The van der Waals surface area contributed by atoms with Gasteiger partial charge < -0.3 is 33.2 Å². The smallest absolute Gasteiger partial charge is 0.455 e. The van der Waals surface area contributed by atoms with Crippen LogP contribution in [0.15, 0.2) is 78.1 Å². The molecule has 0 radical (unpaired) electrons. The lowest BCUT2D eigenvalue weighted by Crippen LogP contribution is -2.46. The fourth-order valence-electron chi connectivity index (χ4n) is 4.89. The van der Waals surface area contributed by atoms with Crippen LogP contribution in [0.25, 0.3) is 0 Å². The van der Waals surface area contributed by atoms with Gasteiger partial charge in [-0.25, -0.2) is 14.4 Å². The Morgan fingerprint density at radius 2 is 1.56 bits per heavy atom. The monoisotopic (exact) mass is 566 g/mol. The summed E-state index contributed by atoms with van der Waals surface area (Å²) in [5, 5.41) is 0. The lowest BCUT2D eigenvalue weighted by Gasteiger charge is -2.42. The van der Waals surface area contributed by atoms with E-state index in [0.717, 1.165) is 5.56 Å². The number of carbonyl (C=O) groups excluding carboxylic acids is 3. The topological polar surface area (TPSA) is 116 Å². The predicted molar refractivity (Wildman–Crippen MR) is 146 cm³/mol. The zero-order valence-electron chi connectivity index (χ0n) is 23.4. The summed E-state index contributed by atoms with van der Waals surface area (Å²) in [6, 6.07) is 15.9. The molecule has 1 aliphatic heterocycles. The summed E-state index contributed by atoms with van der Waals surface area (Å²) < 4.78 is 38.3. The van der Waals surface area contributed by atoms with Gasteiger partial charge in [-0.05, 0) is 43.2 Å². The van der Waals surface area contributed by atoms with Gasteiger partial charge in [0.1, 0.15) is 17.6 Å². The molecule has 10 heteroatoms. The first kappa shape index (κ1) is 29.8. The average molecular weight is 567 g/mol. The van der Waals surface area contributed by atoms with Crippen LogP contribution in [0, 0.1) is 5.92 Å². The highest BCUT2D eigenvalue weighted by atomic mass is 16.7. The van der Waals surface area contributed by atoms with Crippen LogP contribution in [0.1, 0.15) is 43.9 Å². The molecule has 0 N–H and O–H groups in total. The minimum atomic E-state index is -0.932. The highest BCUT2D eigenvalue weighted by Gasteiger charge is 2.44. The Balaban J connectivity index is 1.64. The highest BCUT2D eigenvalue weighted by Crippen LogP contribution is 2.42. The van der Waals surface area contributed by atoms with Crippen molar-refractivity contribution in [2.75, 3.05) is 26.9 Å². The third kappa shape index (κ3) is 7.14. The van der Waals surface area contributed by atoms with Crippen LogP contribution in [0.4, 0.5) is 9.59 Å². The van der Waals surface area contributed by atoms with Crippen molar-refractivity contribution in [3.63, 3.8) is 0 Å². The number of methoxy groups -OCH3 is 1. The molecule has 1 saturated heterocycles. The first-order chi connectivity index (χ1) is 19.9. The van der Waals surface area contributed by atoms with Gasteiger partial charge in [-0.2, -0.15) is 0 Å². The van der Waals surface area contributed by atoms with Crippen molar-refractivity contribution < 1.29 is 47.5 Å². The zero-order chi connectivity index (χ0) is 29.4. The second-order valence-electron chi connectivity index (χ2n) is 9.41. The number of fused-ring (bicyclic) bond motifs is 1. The zero-order valence-corrected chi connectivity index (χ0v) is 23.4. The second kappa shape index (κ2) is 14.0. The SMILES string of the molecule is CCOC(=O)OC1=CC=C2C(OCC(c3ccc(OC(=O)OCC)cc3)C2OC(=O)[C@H](OC)c2ccccc2)C1C. The molecule has 10 nitrogen and oxygen atoms in total. The van der Waals surface area contributed by atoms with Crippen LogP contribution in [-0.4, -0.2) is 57.4 Å². The second-order valence-corrected chi connectivity index (χ2v) is 9.41. The summed E-state index contributed by atoms with van der Waals surface area (Å²) in [5.41, 5.74) is 2.18. The van der Waals surface area contributed by atoms with Gasteiger partial charge >= 0.3 is 18.3 Å². The van der Waals surface area contributed by atoms with Gasteiger partial charge in [0.25, 0.3) is 0 Å². The molecule has 5 atom stereocenters. The maximum atomic E-state index is 13.5. The summed E-state index contributed by atoms with van der Waals surface area (Å²) in [7, 11) is 1.45. The standard InChI is InChI=1S/C31H34O10/c1-5-36-30(33)39-22-14-12-20(13-15-22)24-18-38-26-19(3)25(40-31(34)37-6-2)17-16-23(26)28(24)41-29(32)27(35-4)21-10-8-7-9-11-21/h7-17,19,24,26-28H,5-6,18H2,1-4H3/t19?,24?,26?,27-,28?/m1/s1. The van der Waals surface area contributed by atoms with Gasteiger partial charge in [0.05, 0.1) is 25.9 Å². The maximum Gasteiger partial charge on any atom is 0.513 e. The van der Waals surface area contributed by atoms with E-state index in [4.69, 9.17) is 33.2 Å². The molecule has 1 fully saturated rings. The molecule has 2 aromatic carbocycles. The van der Waals surface area contributed by atoms with Crippen molar-refractivity contribution in [2.24, 2.45) is 5.92 Å². The number of carbonyl (C=O) groups is 3. The van der Waals surface area contributed by atoms with Crippen molar-refractivity contribution in [1.82, 2.24) is 0 Å². The molecular weight excluding hydrogens is 532 g/mol. The Kier molecular flexibility index (Phi) is 10.2. The Labute approximate surface area is 238 Å². The Morgan fingerprint density at radius 1 is 0.902 bits per heavy atom. The van der Waals surface area contributed by atoms with Crippen molar-refractivity contribution >= 4 is 18.3 Å². The predicted octanol–water partition coefficient (Wildman–Crippen LogP) is 5.64. The number of esters is 1. The van der Waals surface area contributed by atoms with Crippen LogP contribution in [0.5, 0.6) is 5.75 Å². The number of ether oxygens (including phenoxy) is 7. The van der Waals surface area contributed by atoms with Crippen molar-refractivity contribution in [2.45, 2.75) is 45.0 Å². The summed E-state index contributed by atoms with van der Waals surface area (Å²) in [6.45, 7) is 5.84. The van der Waals surface area contributed by atoms with E-state index in [-0.39, 0.29) is 31.7 Å². The van der Waals surface area contributed by atoms with Crippen molar-refractivity contribution in [3.8, 4) is 5.75 Å². The van der Waals surface area contributed by atoms with E-state index in [1.54, 1.807) is 62.4 Å². The molecule has 0 saturated carbocycles. The summed E-state index contributed by atoms with van der Waals surface area (Å²) in [4.78, 5) is 37.2. The normalized spacial score (nSPS) is 22.2. The first-order valence-electron chi connectivity index (χ1n) is 13.5. The average Bonchev–Trinajstić information content (AvgIpc) is 2.96. The van der Waals surface area contributed by atoms with Crippen LogP contribution in [-0.2, 0) is 33.2 Å². The number of benzene rings is 2. The molecule has 2 aromatic rings. The maximum absolute atomic E-state index is 13.5. The van der Waals surface area contributed by atoms with Gasteiger partial charge in [0.15, 0.2) is 6.10 Å². The Hall–Kier alpha value is -4.15. The summed E-state index contributed by atoms with van der Waals surface area (Å²) >= 11 is 0. The molecule has 0 spiro atoms. The molecule has 4 unspecified atom stereocenters. The number of allylic oxidation sites excluding steroid dienone is 2. The molecule has 41 heavy (non-hydrogen) atoms. The molecular formula is C31H34O10. The molecule has 218 valence electrons. The van der Waals surface area contributed by atoms with Crippen molar-refractivity contribution in [3.05, 3.63) is 89.2 Å². The Bertz CT molecular complexity index is 1270. The lowest BCUT2D eigenvalue weighted by atomic mass is 9.78. The summed E-state index contributed by atoms with van der Waals surface area (Å²) in [5.74, 6) is -0.593. The van der Waals surface area contributed by atoms with E-state index in [1.165, 1.54) is 7.11 Å². The largest absolute Gasteiger partial charge is 0.513 e. The van der Waals surface area contributed by atoms with Gasteiger partial charge in [-0.1, -0.05) is 55.5 Å². The van der Waals surface area contributed by atoms with Gasteiger partial charge in [-0.3, -0.25) is 0 Å². The van der Waals surface area contributed by atoms with E-state index in [2.05, 4.69) is 0 Å². The van der Waals surface area contributed by atoms with Crippen LogP contribution in [0.2, 0.25) is 0 Å². The molecule has 2 aliphatic rings. The van der Waals surface area contributed by atoms with E-state index >= 15 is 0 Å². The summed E-state index contributed by atoms with van der Waals surface area (Å²) in [6.07, 6.45) is -0.331. The third-order valence-corrected chi connectivity index (χ3v) is 6.85. The van der Waals surface area contributed by atoms with E-state index < -0.39 is 36.6 Å². The minimum absolute atomic E-state index is 0.187. The Morgan fingerprint density at radius 3 is 2.20 bits per heavy atom. The third-order valence-electron chi connectivity index (χ3n) is 6.85. The van der Waals surface area contributed by atoms with Crippen molar-refractivity contribution in [1.29, 1.82) is 0 Å².